The zero-order valence-electron chi connectivity index (χ0n) is 80.0. The maximum Gasteiger partial charge on any atom is 0.313 e. The highest BCUT2D eigenvalue weighted by Gasteiger charge is 2.65. The molecule has 1 spiro atoms. The Bertz CT molecular complexity index is 3220. The fourth-order valence-corrected chi connectivity index (χ4v) is 24.3. The van der Waals surface area contributed by atoms with Gasteiger partial charge in [0.2, 0.25) is 18.9 Å². The third-order valence-corrected chi connectivity index (χ3v) is 35.0. The van der Waals surface area contributed by atoms with Crippen LogP contribution in [0.2, 0.25) is 0 Å². The number of fused-ring (bicyclic) bond motifs is 12. The molecule has 18 heteroatoms. The van der Waals surface area contributed by atoms with Gasteiger partial charge in [-0.25, -0.2) is 0 Å². The molecule has 3 heterocycles. The number of carbonyl (C=O) groups excluding carboxylic acids is 6. The minimum absolute atomic E-state index is 0.0692. The van der Waals surface area contributed by atoms with Gasteiger partial charge in [-0.2, -0.15) is 0 Å². The summed E-state index contributed by atoms with van der Waals surface area (Å²) in [5, 5.41) is 0. The van der Waals surface area contributed by atoms with Gasteiger partial charge in [0.1, 0.15) is 0 Å². The summed E-state index contributed by atoms with van der Waals surface area (Å²) in [7, 11) is 0. The van der Waals surface area contributed by atoms with Crippen molar-refractivity contribution in [1.82, 2.24) is 0 Å². The molecule has 118 heavy (non-hydrogen) atoms. The Morgan fingerprint density at radius 2 is 0.864 bits per heavy atom. The maximum atomic E-state index is 12.3. The third-order valence-electron chi connectivity index (χ3n) is 35.0. The normalized spacial score (nSPS) is 35.7. The van der Waals surface area contributed by atoms with Gasteiger partial charge in [0.05, 0.1) is 70.6 Å². The van der Waals surface area contributed by atoms with E-state index in [1.807, 2.05) is 125 Å². The first-order chi connectivity index (χ1) is 54.8. The van der Waals surface area contributed by atoms with Crippen molar-refractivity contribution in [2.24, 2.45) is 141 Å². The smallest absolute Gasteiger partial charge is 0.313 e. The molecule has 0 N–H and O–H groups in total. The first-order valence-electron chi connectivity index (χ1n) is 47.7. The van der Waals surface area contributed by atoms with Crippen molar-refractivity contribution in [2.75, 3.05) is 40.2 Å². The van der Waals surface area contributed by atoms with E-state index < -0.39 is 27.1 Å². The average molecular weight is 1660 g/mol. The van der Waals surface area contributed by atoms with Crippen molar-refractivity contribution in [2.45, 2.75) is 417 Å². The minimum atomic E-state index is -0.430. The highest BCUT2D eigenvalue weighted by Crippen LogP contribution is 2.67. The molecule has 15 aliphatic rings. The van der Waals surface area contributed by atoms with Crippen LogP contribution in [0.4, 0.5) is 0 Å². The first kappa shape index (κ1) is 98.4. The SMILES string of the molecule is CCC(C)(C)C(=O)OC1OC(C)CC12CCCCC2.CCC(C)(C)C(=O)OC1OCC2C3CCC(C3)C12.CCC(C)(C)C(=O)OC1OCC2C3CCC(C3)C12C.CCC(C)(C)C(=O)OCOC1C(C)(C)CCCC1(C)C.CCC(C)(C)C(=O)OCOC1C2(C)CCC(C2)C1(C)C.CCC(C)(C)C(=O)OCOCC1(C)C2CC3CC(C2)CC1C3. The molecule has 0 amide bonds. The summed E-state index contributed by atoms with van der Waals surface area (Å²) in [6.45, 7) is 60.6. The number of hydrogen-bond donors (Lipinski definition) is 0. The predicted octanol–water partition coefficient (Wildman–Crippen LogP) is 23.5. The number of esters is 6. The second-order valence-corrected chi connectivity index (χ2v) is 46.9. The quantitative estimate of drug-likeness (QED) is 0.0360. The van der Waals surface area contributed by atoms with Gasteiger partial charge >= 0.3 is 35.8 Å². The number of rotatable bonds is 25. The monoisotopic (exact) mass is 1660 g/mol. The molecule has 3 saturated heterocycles. The fourth-order valence-electron chi connectivity index (χ4n) is 24.3. The van der Waals surface area contributed by atoms with Crippen molar-refractivity contribution in [3.05, 3.63) is 0 Å². The summed E-state index contributed by atoms with van der Waals surface area (Å²) in [5.41, 5.74) is -1.27. The van der Waals surface area contributed by atoms with Crippen LogP contribution in [0.5, 0.6) is 0 Å². The lowest BCUT2D eigenvalue weighted by atomic mass is 9.46. The number of hydrogen-bond acceptors (Lipinski definition) is 18. The molecule has 15 unspecified atom stereocenters. The second-order valence-electron chi connectivity index (χ2n) is 46.9. The predicted molar refractivity (Wildman–Crippen MR) is 461 cm³/mol. The minimum Gasteiger partial charge on any atom is -0.438 e. The Balaban J connectivity index is 0.000000162. The van der Waals surface area contributed by atoms with Crippen LogP contribution in [-0.4, -0.2) is 113 Å². The molecule has 15 fully saturated rings. The van der Waals surface area contributed by atoms with Gasteiger partial charge in [0.15, 0.2) is 20.4 Å². The van der Waals surface area contributed by atoms with E-state index >= 15 is 0 Å². The van der Waals surface area contributed by atoms with Crippen molar-refractivity contribution < 1.29 is 85.6 Å². The largest absolute Gasteiger partial charge is 0.438 e. The van der Waals surface area contributed by atoms with Crippen LogP contribution in [-0.2, 0) is 85.6 Å². The summed E-state index contributed by atoms with van der Waals surface area (Å²) in [4.78, 5) is 72.6. The second kappa shape index (κ2) is 38.4. The van der Waals surface area contributed by atoms with E-state index in [1.165, 1.54) is 116 Å². The highest BCUT2D eigenvalue weighted by atomic mass is 16.7. The zero-order valence-corrected chi connectivity index (χ0v) is 80.0. The molecule has 10 bridgehead atoms. The molecule has 3 aliphatic heterocycles. The van der Waals surface area contributed by atoms with Gasteiger partial charge in [-0.1, -0.05) is 130 Å². The van der Waals surface area contributed by atoms with E-state index in [9.17, 15) is 28.8 Å². The third kappa shape index (κ3) is 21.6. The molecule has 0 radical (unpaired) electrons. The topological polar surface area (TPSA) is 213 Å². The molecule has 18 nitrogen and oxygen atoms in total. The van der Waals surface area contributed by atoms with Crippen molar-refractivity contribution in [3.8, 4) is 0 Å². The van der Waals surface area contributed by atoms with Crippen molar-refractivity contribution in [3.63, 3.8) is 0 Å². The maximum absolute atomic E-state index is 12.3. The summed E-state index contributed by atoms with van der Waals surface area (Å²) in [5.74, 6) is 8.39. The highest BCUT2D eigenvalue weighted by molar-refractivity contribution is 5.78. The van der Waals surface area contributed by atoms with Crippen LogP contribution in [0.3, 0.4) is 0 Å². The van der Waals surface area contributed by atoms with E-state index in [0.717, 1.165) is 138 Å². The number of ether oxygens (including phenoxy) is 12. The van der Waals surface area contributed by atoms with E-state index in [1.54, 1.807) is 0 Å². The Kier molecular flexibility index (Phi) is 32.0. The molecule has 0 aromatic carbocycles. The van der Waals surface area contributed by atoms with Crippen LogP contribution in [0.1, 0.15) is 380 Å². The lowest BCUT2D eigenvalue weighted by Gasteiger charge is -2.60. The Hall–Kier alpha value is -3.42. The molecule has 680 valence electrons. The summed E-state index contributed by atoms with van der Waals surface area (Å²) < 4.78 is 68.6. The Labute approximate surface area is 716 Å². The molecular weight excluding hydrogens is 1490 g/mol. The summed E-state index contributed by atoms with van der Waals surface area (Å²) in [6, 6.07) is 0. The van der Waals surface area contributed by atoms with E-state index in [4.69, 9.17) is 56.8 Å². The number of carbonyl (C=O) groups is 6. The van der Waals surface area contributed by atoms with Crippen LogP contribution in [0.15, 0.2) is 0 Å². The van der Waals surface area contributed by atoms with Gasteiger partial charge < -0.3 is 56.8 Å². The van der Waals surface area contributed by atoms with Gasteiger partial charge in [-0.3, -0.25) is 28.8 Å². The molecule has 0 aromatic rings. The van der Waals surface area contributed by atoms with Crippen LogP contribution >= 0.6 is 0 Å². The van der Waals surface area contributed by atoms with Gasteiger partial charge in [-0.05, 0) is 343 Å². The van der Waals surface area contributed by atoms with Gasteiger partial charge in [0.25, 0.3) is 0 Å². The molecule has 12 saturated carbocycles. The Morgan fingerprint density at radius 3 is 1.36 bits per heavy atom. The summed E-state index contributed by atoms with van der Waals surface area (Å²) in [6.07, 6.45) is 33.8. The Morgan fingerprint density at radius 1 is 0.407 bits per heavy atom. The lowest BCUT2D eigenvalue weighted by Crippen LogP contribution is -2.53. The zero-order chi connectivity index (χ0) is 87.6. The van der Waals surface area contributed by atoms with Crippen LogP contribution < -0.4 is 0 Å². The van der Waals surface area contributed by atoms with E-state index in [2.05, 4.69) is 69.2 Å². The first-order valence-corrected chi connectivity index (χ1v) is 47.7. The van der Waals surface area contributed by atoms with Crippen molar-refractivity contribution in [1.29, 1.82) is 0 Å². The van der Waals surface area contributed by atoms with Gasteiger partial charge in [-0.15, -0.1) is 0 Å². The summed E-state index contributed by atoms with van der Waals surface area (Å²) >= 11 is 0. The standard InChI is InChI=1S/C19H32O3.C17H30O3.C17H32O3.C16H26O3.C16H28O3.C15H24O3/c1-5-18(2,3)17(20)22-12-21-11-19(4)15-7-13-6-14(9-15)10-16(19)8-13;1-7-15(2,3)14(18)20-11-19-13-16(4,5)12-8-9-17(13,6)10-12;1-8-15(2,3)14(18)20-12-19-13-16(4,5)10-9-11-17(13,6)7;1-5-15(2,3)13(17)19-14-16(4)11-7-6-10(8-11)12(16)9-18-14;1-5-15(3,4)13(17)19-14-16(11-12(2)18-14)9-7-6-8-10-16;1-4-15(2,3)14(16)18-13-12-10-6-5-9(7-10)11(12)8-17-13/h13-16H,5-12H2,1-4H3;12-13H,7-11H2,1-6H3;13H,8-12H2,1-7H3;10-12,14H,5-9H2,1-4H3;12,14H,5-11H2,1-4H3;9-13H,4-8H2,1-3H3. The molecule has 12 aliphatic carbocycles. The van der Waals surface area contributed by atoms with E-state index in [-0.39, 0.29) is 131 Å². The molecule has 15 rings (SSSR count). The van der Waals surface area contributed by atoms with Gasteiger partial charge in [0, 0.05) is 16.7 Å². The van der Waals surface area contributed by atoms with Crippen molar-refractivity contribution >= 4 is 35.8 Å². The van der Waals surface area contributed by atoms with E-state index in [0.29, 0.717) is 29.1 Å². The van der Waals surface area contributed by atoms with Crippen LogP contribution in [0.25, 0.3) is 0 Å². The van der Waals surface area contributed by atoms with Crippen LogP contribution in [0, 0.1) is 141 Å². The fraction of sp³-hybridized carbons (Fsp3) is 0.940. The lowest BCUT2D eigenvalue weighted by molar-refractivity contribution is -0.204. The molecule has 15 atom stereocenters. The molecule has 0 aromatic heterocycles. The average Bonchev–Trinajstić information content (AvgIpc) is 1.48. The molecular formula is C100H172O18.